The Hall–Kier alpha value is -4.29. The van der Waals surface area contributed by atoms with Crippen LogP contribution in [0.15, 0.2) is 91.1 Å². The number of nitrogens with zero attached hydrogens (tertiary/aromatic N) is 2. The van der Waals surface area contributed by atoms with Crippen molar-refractivity contribution in [2.45, 2.75) is 33.1 Å². The highest BCUT2D eigenvalue weighted by Gasteiger charge is 2.18. The number of carbonyl (C=O) groups excluding carboxylic acids is 1. The molecule has 0 fully saturated rings. The van der Waals surface area contributed by atoms with Crippen molar-refractivity contribution in [1.29, 1.82) is 0 Å². The van der Waals surface area contributed by atoms with Gasteiger partial charge in [0.15, 0.2) is 11.9 Å². The average Bonchev–Trinajstić information content (AvgIpc) is 3.32. The summed E-state index contributed by atoms with van der Waals surface area (Å²) in [5, 5.41) is 8.93. The molecule has 1 N–H and O–H groups in total. The summed E-state index contributed by atoms with van der Waals surface area (Å²) in [6, 6.07) is 25.0. The second-order valence-electron chi connectivity index (χ2n) is 8.60. The van der Waals surface area contributed by atoms with Crippen LogP contribution in [-0.2, 0) is 22.7 Å². The number of carboxylic acids is 1. The van der Waals surface area contributed by atoms with Crippen LogP contribution < -0.4 is 0 Å². The monoisotopic (exact) mass is 480 g/mol. The Morgan fingerprint density at radius 1 is 1.00 bits per heavy atom. The number of ketones is 1. The number of allylic oxidation sites excluding steroid dienone is 1. The summed E-state index contributed by atoms with van der Waals surface area (Å²) in [7, 11) is 0. The normalized spacial score (nSPS) is 12.1. The van der Waals surface area contributed by atoms with E-state index in [4.69, 9.17) is 9.84 Å². The van der Waals surface area contributed by atoms with Crippen LogP contribution >= 0.6 is 0 Å². The van der Waals surface area contributed by atoms with Crippen molar-refractivity contribution >= 4 is 17.8 Å². The highest BCUT2D eigenvalue weighted by molar-refractivity contribution is 6.07. The van der Waals surface area contributed by atoms with Crippen LogP contribution in [0.3, 0.4) is 0 Å². The van der Waals surface area contributed by atoms with E-state index < -0.39 is 12.1 Å². The van der Waals surface area contributed by atoms with Crippen LogP contribution in [0.1, 0.15) is 39.8 Å². The highest BCUT2D eigenvalue weighted by Crippen LogP contribution is 2.21. The fourth-order valence-electron chi connectivity index (χ4n) is 3.64. The summed E-state index contributed by atoms with van der Waals surface area (Å²) in [4.78, 5) is 28.9. The van der Waals surface area contributed by atoms with Crippen LogP contribution in [0.5, 0.6) is 0 Å². The van der Waals surface area contributed by atoms with E-state index >= 15 is 0 Å². The maximum atomic E-state index is 13.3. The van der Waals surface area contributed by atoms with E-state index in [1.165, 1.54) is 6.92 Å². The van der Waals surface area contributed by atoms with Crippen molar-refractivity contribution in [1.82, 2.24) is 9.55 Å². The predicted octanol–water partition coefficient (Wildman–Crippen LogP) is 5.79. The molecule has 0 saturated carbocycles. The number of benzene rings is 3. The Bertz CT molecular complexity index is 1350. The molecule has 4 aromatic rings. The molecule has 0 aliphatic rings. The van der Waals surface area contributed by atoms with E-state index in [-0.39, 0.29) is 12.4 Å². The molecule has 0 spiro atoms. The van der Waals surface area contributed by atoms with Gasteiger partial charge >= 0.3 is 5.97 Å². The molecule has 0 radical (unpaired) electrons. The molecule has 4 rings (SSSR count). The van der Waals surface area contributed by atoms with Crippen molar-refractivity contribution in [3.63, 3.8) is 0 Å². The number of carboxylic acid groups (broad SMARTS) is 1. The first-order chi connectivity index (χ1) is 17.4. The summed E-state index contributed by atoms with van der Waals surface area (Å²) < 4.78 is 7.20. The number of ether oxygens (including phenoxy) is 1. The number of carbonyl (C=O) groups is 2. The lowest BCUT2D eigenvalue weighted by atomic mass is 10.1. The molecule has 3 aromatic carbocycles. The summed E-state index contributed by atoms with van der Waals surface area (Å²) in [5.41, 5.74) is 5.28. The Morgan fingerprint density at radius 2 is 1.69 bits per heavy atom. The minimum atomic E-state index is -0.982. The Labute approximate surface area is 210 Å². The molecule has 182 valence electrons. The fraction of sp³-hybridized carbons (Fsp3) is 0.167. The Morgan fingerprint density at radius 3 is 2.36 bits per heavy atom. The number of hydrogen-bond donors (Lipinski definition) is 1. The SMILES string of the molecule is Cc1ccc(C(=O)c2nc(-c3ccccc3)cn2C/C=C/c2ccc(CO[C@@H](C)C(=O)O)cc2)cc1. The largest absolute Gasteiger partial charge is 0.479 e. The smallest absolute Gasteiger partial charge is 0.332 e. The van der Waals surface area contributed by atoms with Gasteiger partial charge in [0.2, 0.25) is 5.78 Å². The zero-order valence-electron chi connectivity index (χ0n) is 20.3. The van der Waals surface area contributed by atoms with E-state index in [1.807, 2.05) is 109 Å². The highest BCUT2D eigenvalue weighted by atomic mass is 16.5. The molecule has 36 heavy (non-hydrogen) atoms. The molecule has 6 nitrogen and oxygen atoms in total. The number of hydrogen-bond acceptors (Lipinski definition) is 4. The first kappa shape index (κ1) is 24.8. The van der Waals surface area contributed by atoms with Crippen molar-refractivity contribution in [3.05, 3.63) is 119 Å². The van der Waals surface area contributed by atoms with Gasteiger partial charge in [-0.15, -0.1) is 0 Å². The van der Waals surface area contributed by atoms with Crippen molar-refractivity contribution in [2.24, 2.45) is 0 Å². The lowest BCUT2D eigenvalue weighted by molar-refractivity contribution is -0.149. The van der Waals surface area contributed by atoms with Gasteiger partial charge in [-0.2, -0.15) is 0 Å². The van der Waals surface area contributed by atoms with Gasteiger partial charge in [-0.05, 0) is 25.0 Å². The summed E-state index contributed by atoms with van der Waals surface area (Å²) in [6.45, 7) is 4.22. The third-order valence-electron chi connectivity index (χ3n) is 5.80. The van der Waals surface area contributed by atoms with E-state index in [0.717, 1.165) is 27.9 Å². The zero-order chi connectivity index (χ0) is 25.5. The second-order valence-corrected chi connectivity index (χ2v) is 8.60. The summed E-state index contributed by atoms with van der Waals surface area (Å²) >= 11 is 0. The Balaban J connectivity index is 1.51. The van der Waals surface area contributed by atoms with Gasteiger partial charge in [0.05, 0.1) is 12.3 Å². The first-order valence-electron chi connectivity index (χ1n) is 11.7. The zero-order valence-corrected chi connectivity index (χ0v) is 20.3. The van der Waals surface area contributed by atoms with Crippen LogP contribution in [0.2, 0.25) is 0 Å². The number of aryl methyl sites for hydroxylation is 1. The van der Waals surface area contributed by atoms with Crippen molar-refractivity contribution in [3.8, 4) is 11.3 Å². The van der Waals surface area contributed by atoms with Crippen molar-refractivity contribution in [2.75, 3.05) is 0 Å². The molecule has 0 bridgehead atoms. The molecular formula is C30H28N2O4. The molecular weight excluding hydrogens is 452 g/mol. The van der Waals surface area contributed by atoms with E-state index in [0.29, 0.717) is 17.9 Å². The first-order valence-corrected chi connectivity index (χ1v) is 11.7. The lowest BCUT2D eigenvalue weighted by Gasteiger charge is -2.08. The fourth-order valence-corrected chi connectivity index (χ4v) is 3.64. The van der Waals surface area contributed by atoms with Crippen molar-refractivity contribution < 1.29 is 19.4 Å². The van der Waals surface area contributed by atoms with Gasteiger partial charge in [0.25, 0.3) is 0 Å². The van der Waals surface area contributed by atoms with Crippen LogP contribution in [0, 0.1) is 6.92 Å². The molecule has 1 heterocycles. The van der Waals surface area contributed by atoms with Crippen LogP contribution in [-0.4, -0.2) is 32.5 Å². The average molecular weight is 481 g/mol. The van der Waals surface area contributed by atoms with Crippen LogP contribution in [0.4, 0.5) is 0 Å². The third-order valence-corrected chi connectivity index (χ3v) is 5.80. The molecule has 0 unspecified atom stereocenters. The lowest BCUT2D eigenvalue weighted by Crippen LogP contribution is -2.19. The minimum absolute atomic E-state index is 0.120. The molecule has 0 saturated heterocycles. The Kier molecular flexibility index (Phi) is 7.88. The molecule has 6 heteroatoms. The molecule has 0 aliphatic heterocycles. The van der Waals surface area contributed by atoms with Gasteiger partial charge in [0, 0.05) is 23.9 Å². The quantitative estimate of drug-likeness (QED) is 0.291. The van der Waals surface area contributed by atoms with Crippen LogP contribution in [0.25, 0.3) is 17.3 Å². The minimum Gasteiger partial charge on any atom is -0.479 e. The van der Waals surface area contributed by atoms with Gasteiger partial charge in [-0.1, -0.05) is 96.6 Å². The number of aromatic nitrogens is 2. The van der Waals surface area contributed by atoms with E-state index in [1.54, 1.807) is 0 Å². The number of imidazole rings is 1. The maximum Gasteiger partial charge on any atom is 0.332 e. The summed E-state index contributed by atoms with van der Waals surface area (Å²) in [6.07, 6.45) is 5.02. The maximum absolute atomic E-state index is 13.3. The van der Waals surface area contributed by atoms with Gasteiger partial charge in [-0.25, -0.2) is 9.78 Å². The second kappa shape index (κ2) is 11.4. The molecule has 1 aromatic heterocycles. The van der Waals surface area contributed by atoms with E-state index in [9.17, 15) is 9.59 Å². The molecule has 1 atom stereocenters. The third kappa shape index (κ3) is 6.23. The molecule has 0 amide bonds. The topological polar surface area (TPSA) is 81.4 Å². The van der Waals surface area contributed by atoms with Gasteiger partial charge in [0.1, 0.15) is 0 Å². The number of rotatable bonds is 10. The predicted molar refractivity (Wildman–Crippen MR) is 140 cm³/mol. The van der Waals surface area contributed by atoms with Gasteiger partial charge < -0.3 is 14.4 Å². The number of aliphatic carboxylic acids is 1. The van der Waals surface area contributed by atoms with E-state index in [2.05, 4.69) is 4.98 Å². The van der Waals surface area contributed by atoms with Gasteiger partial charge in [-0.3, -0.25) is 4.79 Å². The summed E-state index contributed by atoms with van der Waals surface area (Å²) in [5.74, 6) is -0.711. The standard InChI is InChI=1S/C30H28N2O4/c1-21-10-16-26(17-11-21)28(33)29-31-27(25-8-4-3-5-9-25)19-32(29)18-6-7-23-12-14-24(15-13-23)20-36-22(2)30(34)35/h3-17,19,22H,18,20H2,1-2H3,(H,34,35)/b7-6+/t22-/m0/s1. The molecule has 0 aliphatic carbocycles.